The number of aromatic nitrogens is 5. The molecule has 2 aliphatic carbocycles. The van der Waals surface area contributed by atoms with Crippen LogP contribution in [-0.2, 0) is 5.54 Å². The van der Waals surface area contributed by atoms with E-state index in [1.165, 1.54) is 0 Å². The van der Waals surface area contributed by atoms with E-state index in [9.17, 15) is 5.11 Å². The van der Waals surface area contributed by atoms with Crippen molar-refractivity contribution in [1.29, 1.82) is 0 Å². The van der Waals surface area contributed by atoms with E-state index < -0.39 is 11.1 Å². The quantitative estimate of drug-likeness (QED) is 0.389. The molecule has 0 bridgehead atoms. The lowest BCUT2D eigenvalue weighted by Gasteiger charge is -2.52. The molecule has 0 unspecified atom stereocenters. The van der Waals surface area contributed by atoms with Gasteiger partial charge < -0.3 is 10.8 Å². The van der Waals surface area contributed by atoms with Crippen molar-refractivity contribution in [2.24, 2.45) is 11.7 Å². The van der Waals surface area contributed by atoms with Crippen LogP contribution in [0, 0.1) is 19.8 Å². The van der Waals surface area contributed by atoms with Crippen molar-refractivity contribution in [2.75, 3.05) is 0 Å². The Hall–Kier alpha value is -3.68. The molecule has 2 fully saturated rings. The van der Waals surface area contributed by atoms with E-state index in [0.29, 0.717) is 29.9 Å². The number of fused-ring (bicyclic) bond motifs is 3. The molecule has 2 aromatic carbocycles. The van der Waals surface area contributed by atoms with Gasteiger partial charge in [0.05, 0.1) is 28.9 Å². The first-order valence-electron chi connectivity index (χ1n) is 12.5. The van der Waals surface area contributed by atoms with E-state index in [2.05, 4.69) is 34.3 Å². The van der Waals surface area contributed by atoms with Gasteiger partial charge in [0.2, 0.25) is 0 Å². The van der Waals surface area contributed by atoms with Crippen LogP contribution in [0.3, 0.4) is 0 Å². The Morgan fingerprint density at radius 3 is 2.25 bits per heavy atom. The van der Waals surface area contributed by atoms with Crippen molar-refractivity contribution in [1.82, 2.24) is 24.6 Å². The summed E-state index contributed by atoms with van der Waals surface area (Å²) in [5.74, 6) is 0.427. The molecule has 5 aromatic rings. The lowest BCUT2D eigenvalue weighted by Crippen LogP contribution is -2.60. The van der Waals surface area contributed by atoms with Crippen molar-refractivity contribution in [3.63, 3.8) is 0 Å². The lowest BCUT2D eigenvalue weighted by molar-refractivity contribution is -0.106. The minimum absolute atomic E-state index is 0.427. The number of aryl methyl sites for hydroxylation is 2. The molecular weight excluding hydrogens is 448 g/mol. The van der Waals surface area contributed by atoms with Gasteiger partial charge in [-0.2, -0.15) is 9.61 Å². The van der Waals surface area contributed by atoms with Crippen molar-refractivity contribution in [2.45, 2.75) is 50.7 Å². The van der Waals surface area contributed by atoms with Gasteiger partial charge in [-0.3, -0.25) is 0 Å². The molecule has 0 atom stereocenters. The third-order valence-electron chi connectivity index (χ3n) is 8.10. The summed E-state index contributed by atoms with van der Waals surface area (Å²) in [6.45, 7) is 4.00. The normalized spacial score (nSPS) is 23.8. The third-order valence-corrected chi connectivity index (χ3v) is 8.10. The van der Waals surface area contributed by atoms with Gasteiger partial charge in [-0.25, -0.2) is 15.0 Å². The first-order valence-corrected chi connectivity index (χ1v) is 12.5. The van der Waals surface area contributed by atoms with Crippen LogP contribution in [0.15, 0.2) is 60.8 Å². The molecule has 36 heavy (non-hydrogen) atoms. The highest BCUT2D eigenvalue weighted by Crippen LogP contribution is 2.57. The van der Waals surface area contributed by atoms with E-state index in [1.54, 1.807) is 10.7 Å². The SMILES string of the molecule is Cc1nn2c(ncc3nc(-c4ccccc4)c(-c4ccc([C@]5(N)C[C@@](O)(C6CC6)C5)cc4)nc32)c1C. The molecular formula is C29H28N6O. The van der Waals surface area contributed by atoms with Crippen molar-refractivity contribution < 1.29 is 5.11 Å². The largest absolute Gasteiger partial charge is 0.389 e. The number of rotatable bonds is 4. The summed E-state index contributed by atoms with van der Waals surface area (Å²) in [6, 6.07) is 18.4. The average Bonchev–Trinajstić information content (AvgIpc) is 3.70. The highest BCUT2D eigenvalue weighted by atomic mass is 16.3. The number of benzene rings is 2. The molecule has 180 valence electrons. The molecule has 3 N–H and O–H groups in total. The van der Waals surface area contributed by atoms with Gasteiger partial charge >= 0.3 is 0 Å². The zero-order chi connectivity index (χ0) is 24.7. The second-order valence-corrected chi connectivity index (χ2v) is 10.7. The Labute approximate surface area is 209 Å². The van der Waals surface area contributed by atoms with Crippen LogP contribution in [-0.4, -0.2) is 35.3 Å². The van der Waals surface area contributed by atoms with Gasteiger partial charge in [0.25, 0.3) is 0 Å². The maximum Gasteiger partial charge on any atom is 0.184 e. The summed E-state index contributed by atoms with van der Waals surface area (Å²) in [6.07, 6.45) is 5.26. The molecule has 0 aliphatic heterocycles. The van der Waals surface area contributed by atoms with Gasteiger partial charge in [-0.1, -0.05) is 54.6 Å². The van der Waals surface area contributed by atoms with Gasteiger partial charge in [0.15, 0.2) is 11.3 Å². The Bertz CT molecular complexity index is 1630. The number of hydrogen-bond donors (Lipinski definition) is 2. The van der Waals surface area contributed by atoms with Gasteiger partial charge in [0, 0.05) is 22.2 Å². The molecule has 7 nitrogen and oxygen atoms in total. The summed E-state index contributed by atoms with van der Waals surface area (Å²) in [4.78, 5) is 14.7. The van der Waals surface area contributed by atoms with E-state index >= 15 is 0 Å². The smallest absolute Gasteiger partial charge is 0.184 e. The highest BCUT2D eigenvalue weighted by Gasteiger charge is 2.58. The molecule has 2 aliphatic rings. The first-order chi connectivity index (χ1) is 17.3. The standard InChI is InChI=1S/C29H28N6O/c1-17-18(2)34-35-26(17)31-14-23-27(35)33-25(24(32-23)19-6-4-3-5-7-19)20-8-10-21(11-9-20)28(30)15-29(36,16-28)22-12-13-22/h3-11,14,22,36H,12-13,15-16,30H2,1-2H3/t28-,29-. The average molecular weight is 477 g/mol. The van der Waals surface area contributed by atoms with Crippen LogP contribution in [0.2, 0.25) is 0 Å². The molecule has 0 radical (unpaired) electrons. The fourth-order valence-electron chi connectivity index (χ4n) is 5.81. The number of nitrogens with two attached hydrogens (primary N) is 1. The Balaban J connectivity index is 1.36. The predicted molar refractivity (Wildman–Crippen MR) is 139 cm³/mol. The first kappa shape index (κ1) is 21.6. The zero-order valence-corrected chi connectivity index (χ0v) is 20.4. The van der Waals surface area contributed by atoms with Crippen molar-refractivity contribution in [3.05, 3.63) is 77.6 Å². The topological polar surface area (TPSA) is 102 Å². The van der Waals surface area contributed by atoms with Crippen molar-refractivity contribution >= 4 is 16.8 Å². The summed E-state index contributed by atoms with van der Waals surface area (Å²) in [7, 11) is 0. The second kappa shape index (κ2) is 7.41. The van der Waals surface area contributed by atoms with Crippen LogP contribution in [0.5, 0.6) is 0 Å². The molecule has 0 saturated heterocycles. The minimum atomic E-state index is -0.586. The summed E-state index contributed by atoms with van der Waals surface area (Å²) < 4.78 is 1.79. The monoisotopic (exact) mass is 476 g/mol. The Kier molecular flexibility index (Phi) is 4.45. The van der Waals surface area contributed by atoms with Gasteiger partial charge in [-0.15, -0.1) is 0 Å². The Morgan fingerprint density at radius 1 is 0.889 bits per heavy atom. The molecule has 2 saturated carbocycles. The Morgan fingerprint density at radius 2 is 1.56 bits per heavy atom. The van der Waals surface area contributed by atoms with E-state index in [1.807, 2.05) is 44.2 Å². The summed E-state index contributed by atoms with van der Waals surface area (Å²) in [5, 5.41) is 15.5. The fraction of sp³-hybridized carbons (Fsp3) is 0.310. The predicted octanol–water partition coefficient (Wildman–Crippen LogP) is 4.71. The number of aliphatic hydroxyl groups is 1. The van der Waals surface area contributed by atoms with Crippen LogP contribution in [0.1, 0.15) is 42.5 Å². The van der Waals surface area contributed by atoms with E-state index in [-0.39, 0.29) is 0 Å². The molecule has 7 heteroatoms. The maximum atomic E-state index is 10.8. The zero-order valence-electron chi connectivity index (χ0n) is 20.4. The molecule has 0 amide bonds. The van der Waals surface area contributed by atoms with Crippen LogP contribution in [0.4, 0.5) is 0 Å². The van der Waals surface area contributed by atoms with Gasteiger partial charge in [-0.05, 0) is 51.0 Å². The van der Waals surface area contributed by atoms with Crippen LogP contribution < -0.4 is 5.73 Å². The molecule has 0 spiro atoms. The third kappa shape index (κ3) is 3.20. The minimum Gasteiger partial charge on any atom is -0.389 e. The van der Waals surface area contributed by atoms with Crippen LogP contribution in [0.25, 0.3) is 39.3 Å². The van der Waals surface area contributed by atoms with E-state index in [4.69, 9.17) is 15.7 Å². The van der Waals surface area contributed by atoms with E-state index in [0.717, 1.165) is 57.8 Å². The maximum absolute atomic E-state index is 10.8. The summed E-state index contributed by atoms with van der Waals surface area (Å²) in [5.41, 5.74) is 14.4. The molecule has 7 rings (SSSR count). The second-order valence-electron chi connectivity index (χ2n) is 10.7. The van der Waals surface area contributed by atoms with Crippen LogP contribution >= 0.6 is 0 Å². The van der Waals surface area contributed by atoms with Crippen molar-refractivity contribution in [3.8, 4) is 22.5 Å². The number of hydrogen-bond acceptors (Lipinski definition) is 6. The fourth-order valence-corrected chi connectivity index (χ4v) is 5.81. The molecule has 3 heterocycles. The van der Waals surface area contributed by atoms with Gasteiger partial charge in [0.1, 0.15) is 5.52 Å². The summed E-state index contributed by atoms with van der Waals surface area (Å²) >= 11 is 0. The lowest BCUT2D eigenvalue weighted by atomic mass is 9.60. The number of nitrogens with zero attached hydrogens (tertiary/aromatic N) is 5. The molecule has 3 aromatic heterocycles. The highest BCUT2D eigenvalue weighted by molar-refractivity contribution is 5.85.